The van der Waals surface area contributed by atoms with Crippen molar-refractivity contribution < 1.29 is 45.2 Å². The topological polar surface area (TPSA) is 0 Å². The van der Waals surface area contributed by atoms with Crippen LogP contribution in [0, 0.1) is 0 Å². The van der Waals surface area contributed by atoms with Crippen LogP contribution in [0.1, 0.15) is 39.5 Å². The molecule has 0 saturated heterocycles. The van der Waals surface area contributed by atoms with E-state index in [9.17, 15) is 0 Å². The molecular weight excluding hydrogens is 1080 g/mol. The second-order valence-corrected chi connectivity index (χ2v) is 24.3. The molecule has 337 valence electrons. The molecule has 0 N–H and O–H groups in total. The first-order valence-corrected chi connectivity index (χ1v) is 28.4. The minimum Gasteiger partial charge on any atom is -1.00 e. The molecule has 65 heavy (non-hydrogen) atoms. The molecule has 0 heterocycles. The van der Waals surface area contributed by atoms with E-state index in [1.807, 2.05) is 0 Å². The van der Waals surface area contributed by atoms with Crippen molar-refractivity contribution in [2.45, 2.75) is 39.5 Å². The van der Waals surface area contributed by atoms with Crippen molar-refractivity contribution in [1.82, 2.24) is 0 Å². The number of rotatable bonds is 17. The van der Waals surface area contributed by atoms with Gasteiger partial charge in [-0.1, -0.05) is 282 Å². The Bertz CT molecular complexity index is 1840. The van der Waals surface area contributed by atoms with Gasteiger partial charge in [-0.25, -0.2) is 0 Å². The molecule has 0 unspecified atom stereocenters. The molecule has 0 nitrogen and oxygen atoms in total. The molecule has 8 aromatic rings. The van der Waals surface area contributed by atoms with Gasteiger partial charge >= 0.3 is 0 Å². The van der Waals surface area contributed by atoms with Gasteiger partial charge in [-0.3, -0.25) is 0 Å². The SMILES string of the molecule is CCCCCC.[Cl-].[Cl-].[Re].c1ccc(P(CCP(c2ccccc2)c2ccccc2)c2ccccc2)cc1.c1ccc(P(CCP(c2ccccc2)c2ccccc2)c2ccccc2)cc1. The van der Waals surface area contributed by atoms with Crippen molar-refractivity contribution in [2.24, 2.45) is 0 Å². The van der Waals surface area contributed by atoms with Crippen LogP contribution in [0.15, 0.2) is 243 Å². The van der Waals surface area contributed by atoms with E-state index < -0.39 is 0 Å². The molecule has 0 atom stereocenters. The summed E-state index contributed by atoms with van der Waals surface area (Å²) in [6, 6.07) is 88.4. The van der Waals surface area contributed by atoms with Gasteiger partial charge < -0.3 is 24.8 Å². The summed E-state index contributed by atoms with van der Waals surface area (Å²) in [5, 5.41) is 11.8. The Labute approximate surface area is 423 Å². The van der Waals surface area contributed by atoms with Gasteiger partial charge in [0.05, 0.1) is 0 Å². The van der Waals surface area contributed by atoms with Crippen molar-refractivity contribution in [1.29, 1.82) is 0 Å². The van der Waals surface area contributed by atoms with Gasteiger partial charge in [0.2, 0.25) is 0 Å². The first-order chi connectivity index (χ1) is 30.7. The van der Waals surface area contributed by atoms with Crippen LogP contribution in [0.2, 0.25) is 0 Å². The summed E-state index contributed by atoms with van der Waals surface area (Å²) in [6.45, 7) is 4.46. The number of benzene rings is 8. The Morgan fingerprint density at radius 1 is 0.231 bits per heavy atom. The van der Waals surface area contributed by atoms with Gasteiger partial charge in [0, 0.05) is 20.4 Å². The molecule has 0 spiro atoms. The van der Waals surface area contributed by atoms with Gasteiger partial charge in [0.1, 0.15) is 0 Å². The monoisotopic (exact) mass is 1140 g/mol. The Morgan fingerprint density at radius 2 is 0.354 bits per heavy atom. The third kappa shape index (κ3) is 18.7. The minimum absolute atomic E-state index is 0. The molecule has 0 bridgehead atoms. The van der Waals surface area contributed by atoms with E-state index in [4.69, 9.17) is 0 Å². The maximum Gasteiger partial charge on any atom is 0 e. The van der Waals surface area contributed by atoms with E-state index >= 15 is 0 Å². The Hall–Kier alpha value is -3.28. The standard InChI is InChI=1S/2C26H24P2.C6H14.2ClH.Re/c2*1-5-13-23(14-6-1)27(24-15-7-2-8-16-24)21-22-28(25-17-9-3-10-18-25)26-19-11-4-12-20-26;1-3-5-6-4-2;;;/h2*1-20H,21-22H2;3-6H2,1-2H3;2*1H;/p-2. The summed E-state index contributed by atoms with van der Waals surface area (Å²) in [6.07, 6.45) is 10.4. The van der Waals surface area contributed by atoms with Crippen LogP contribution in [0.4, 0.5) is 0 Å². The molecule has 1 radical (unpaired) electrons. The van der Waals surface area contributed by atoms with Gasteiger partial charge in [-0.2, -0.15) is 0 Å². The zero-order valence-corrected chi connectivity index (χ0v) is 45.5. The van der Waals surface area contributed by atoms with E-state index in [0.717, 1.165) is 0 Å². The summed E-state index contributed by atoms with van der Waals surface area (Å²) in [7, 11) is -1.39. The van der Waals surface area contributed by atoms with Crippen molar-refractivity contribution in [3.63, 3.8) is 0 Å². The maximum absolute atomic E-state index is 2.30. The van der Waals surface area contributed by atoms with Crippen LogP contribution in [-0.2, 0) is 20.4 Å². The zero-order valence-electron chi connectivity index (χ0n) is 37.7. The van der Waals surface area contributed by atoms with E-state index in [2.05, 4.69) is 257 Å². The molecule has 0 aromatic heterocycles. The molecule has 0 fully saturated rings. The molecule has 8 aromatic carbocycles. The van der Waals surface area contributed by atoms with Crippen LogP contribution >= 0.6 is 31.7 Å². The molecule has 0 aliphatic heterocycles. The van der Waals surface area contributed by atoms with Crippen molar-refractivity contribution >= 4 is 74.1 Å². The number of hydrogen-bond acceptors (Lipinski definition) is 0. The van der Waals surface area contributed by atoms with Crippen molar-refractivity contribution in [3.05, 3.63) is 243 Å². The van der Waals surface area contributed by atoms with Gasteiger partial charge in [0.25, 0.3) is 0 Å². The van der Waals surface area contributed by atoms with Crippen molar-refractivity contribution in [3.8, 4) is 0 Å². The normalized spacial score (nSPS) is 10.4. The second kappa shape index (κ2) is 33.2. The first kappa shape index (κ1) is 56.0. The summed E-state index contributed by atoms with van der Waals surface area (Å²) in [4.78, 5) is 0. The Balaban J connectivity index is 0.000000295. The third-order valence-electron chi connectivity index (χ3n) is 10.6. The molecule has 0 aliphatic carbocycles. The maximum atomic E-state index is 2.30. The Kier molecular flexibility index (Phi) is 28.7. The van der Waals surface area contributed by atoms with E-state index in [1.54, 1.807) is 0 Å². The Morgan fingerprint density at radius 3 is 0.462 bits per heavy atom. The average Bonchev–Trinajstić information content (AvgIpc) is 3.36. The summed E-state index contributed by atoms with van der Waals surface area (Å²) >= 11 is 0. The molecule has 7 heteroatoms. The fraction of sp³-hybridized carbons (Fsp3) is 0.172. The van der Waals surface area contributed by atoms with E-state index in [1.165, 1.54) is 92.8 Å². The fourth-order valence-corrected chi connectivity index (χ4v) is 18.1. The number of halogens is 2. The minimum atomic E-state index is -0.348. The van der Waals surface area contributed by atoms with Crippen LogP contribution < -0.4 is 67.3 Å². The second-order valence-electron chi connectivity index (χ2n) is 15.0. The zero-order chi connectivity index (χ0) is 42.9. The van der Waals surface area contributed by atoms with Crippen LogP contribution in [-0.4, -0.2) is 24.6 Å². The molecular formula is C58H62Cl2P4Re-2. The van der Waals surface area contributed by atoms with Crippen molar-refractivity contribution in [2.75, 3.05) is 24.6 Å². The predicted octanol–water partition coefficient (Wildman–Crippen LogP) is 7.10. The molecule has 0 saturated carbocycles. The molecule has 8 rings (SSSR count). The quantitative estimate of drug-likeness (QED) is 0.0676. The first-order valence-electron chi connectivity index (χ1n) is 22.3. The van der Waals surface area contributed by atoms with Gasteiger partial charge in [0.15, 0.2) is 0 Å². The summed E-state index contributed by atoms with van der Waals surface area (Å²) in [5.41, 5.74) is 0. The van der Waals surface area contributed by atoms with E-state index in [-0.39, 0.29) is 76.9 Å². The van der Waals surface area contributed by atoms with E-state index in [0.29, 0.717) is 0 Å². The van der Waals surface area contributed by atoms with Crippen LogP contribution in [0.25, 0.3) is 0 Å². The molecule has 0 aliphatic rings. The number of hydrogen-bond donors (Lipinski definition) is 0. The largest absolute Gasteiger partial charge is 1.00 e. The smallest absolute Gasteiger partial charge is 0 e. The van der Waals surface area contributed by atoms with Gasteiger partial charge in [-0.05, 0) is 98.8 Å². The summed E-state index contributed by atoms with van der Waals surface area (Å²) in [5.74, 6) is 0. The molecule has 0 amide bonds. The average molecular weight is 1140 g/mol. The summed E-state index contributed by atoms with van der Waals surface area (Å²) < 4.78 is 0. The van der Waals surface area contributed by atoms with Crippen LogP contribution in [0.3, 0.4) is 0 Å². The predicted molar refractivity (Wildman–Crippen MR) is 286 cm³/mol. The third-order valence-corrected chi connectivity index (χ3v) is 21.4. The fourth-order valence-electron chi connectivity index (χ4n) is 7.39. The van der Waals surface area contributed by atoms with Crippen LogP contribution in [0.5, 0.6) is 0 Å². The number of unbranched alkanes of at least 4 members (excludes halogenated alkanes) is 3. The van der Waals surface area contributed by atoms with Gasteiger partial charge in [-0.15, -0.1) is 0 Å².